The van der Waals surface area contributed by atoms with Crippen molar-refractivity contribution in [2.24, 2.45) is 0 Å². The van der Waals surface area contributed by atoms with E-state index in [-0.39, 0.29) is 5.56 Å². The first kappa shape index (κ1) is 15.6. The number of fused-ring (bicyclic) bond motifs is 1. The molecule has 0 aliphatic carbocycles. The van der Waals surface area contributed by atoms with Gasteiger partial charge >= 0.3 is 0 Å². The number of aryl methyl sites for hydroxylation is 2. The van der Waals surface area contributed by atoms with Crippen molar-refractivity contribution < 1.29 is 0 Å². The maximum absolute atomic E-state index is 12.9. The van der Waals surface area contributed by atoms with Gasteiger partial charge in [-0.15, -0.1) is 0 Å². The van der Waals surface area contributed by atoms with Gasteiger partial charge in [0.25, 0.3) is 5.56 Å². The fourth-order valence-corrected chi connectivity index (χ4v) is 2.87. The maximum atomic E-state index is 12.9. The maximum Gasteiger partial charge on any atom is 0.269 e. The van der Waals surface area contributed by atoms with Crippen molar-refractivity contribution in [3.63, 3.8) is 0 Å². The molecule has 0 aliphatic rings. The number of benzene rings is 2. The Morgan fingerprint density at radius 1 is 0.960 bits per heavy atom. The zero-order valence-electron chi connectivity index (χ0n) is 13.8. The van der Waals surface area contributed by atoms with Crippen LogP contribution in [0.5, 0.6) is 0 Å². The van der Waals surface area contributed by atoms with Gasteiger partial charge in [0, 0.05) is 5.02 Å². The zero-order chi connectivity index (χ0) is 17.6. The highest BCUT2D eigenvalue weighted by atomic mass is 35.5. The number of hydrogen-bond acceptors (Lipinski definition) is 3. The lowest BCUT2D eigenvalue weighted by Gasteiger charge is -2.08. The molecule has 2 heterocycles. The van der Waals surface area contributed by atoms with Crippen LogP contribution in [0.15, 0.2) is 59.8 Å². The molecule has 124 valence electrons. The van der Waals surface area contributed by atoms with Crippen LogP contribution in [0.2, 0.25) is 5.02 Å². The summed E-state index contributed by atoms with van der Waals surface area (Å²) < 4.78 is 3.18. The summed E-state index contributed by atoms with van der Waals surface area (Å²) in [7, 11) is 0. The molecule has 0 aliphatic heterocycles. The van der Waals surface area contributed by atoms with Gasteiger partial charge in [0.05, 0.1) is 17.6 Å². The summed E-state index contributed by atoms with van der Waals surface area (Å²) in [5.41, 5.74) is 4.28. The standard InChI is InChI=1S/C19H15ClN4O/c1-12-3-6-16(9-13(12)2)23-11-21-18-17(19(23)25)10-22-24(18)15-7-4-14(20)5-8-15/h3-11H,1-2H3. The lowest BCUT2D eigenvalue weighted by molar-refractivity contribution is 0.885. The molecule has 2 aromatic carbocycles. The monoisotopic (exact) mass is 350 g/mol. The van der Waals surface area contributed by atoms with E-state index in [2.05, 4.69) is 10.1 Å². The second kappa shape index (κ2) is 5.86. The third-order valence-corrected chi connectivity index (χ3v) is 4.58. The van der Waals surface area contributed by atoms with Crippen LogP contribution in [0.1, 0.15) is 11.1 Å². The summed E-state index contributed by atoms with van der Waals surface area (Å²) in [5.74, 6) is 0. The van der Waals surface area contributed by atoms with Gasteiger partial charge in [-0.3, -0.25) is 9.36 Å². The molecule has 4 rings (SSSR count). The van der Waals surface area contributed by atoms with E-state index < -0.39 is 0 Å². The molecule has 6 heteroatoms. The van der Waals surface area contributed by atoms with Gasteiger partial charge in [0.15, 0.2) is 5.65 Å². The van der Waals surface area contributed by atoms with Crippen LogP contribution in [0.3, 0.4) is 0 Å². The Kier molecular flexibility index (Phi) is 3.66. The van der Waals surface area contributed by atoms with Crippen molar-refractivity contribution in [1.82, 2.24) is 19.3 Å². The third kappa shape index (κ3) is 2.62. The molecule has 0 amide bonds. The Morgan fingerprint density at radius 2 is 1.68 bits per heavy atom. The molecular weight excluding hydrogens is 336 g/mol. The molecule has 0 N–H and O–H groups in total. The smallest absolute Gasteiger partial charge is 0.268 e. The second-order valence-corrected chi connectivity index (χ2v) is 6.39. The van der Waals surface area contributed by atoms with Gasteiger partial charge in [-0.2, -0.15) is 5.10 Å². The number of aromatic nitrogens is 4. The predicted molar refractivity (Wildman–Crippen MR) is 98.9 cm³/mol. The third-order valence-electron chi connectivity index (χ3n) is 4.33. The number of rotatable bonds is 2. The summed E-state index contributed by atoms with van der Waals surface area (Å²) in [6, 6.07) is 13.1. The lowest BCUT2D eigenvalue weighted by Crippen LogP contribution is -2.19. The molecule has 0 saturated carbocycles. The van der Waals surface area contributed by atoms with Crippen molar-refractivity contribution in [3.8, 4) is 11.4 Å². The molecule has 4 aromatic rings. The van der Waals surface area contributed by atoms with Gasteiger partial charge in [-0.05, 0) is 61.4 Å². The molecule has 0 saturated heterocycles. The highest BCUT2D eigenvalue weighted by molar-refractivity contribution is 6.30. The molecular formula is C19H15ClN4O. The minimum absolute atomic E-state index is 0.145. The van der Waals surface area contributed by atoms with Gasteiger partial charge in [0.1, 0.15) is 11.7 Å². The van der Waals surface area contributed by atoms with Crippen molar-refractivity contribution in [2.45, 2.75) is 13.8 Å². The van der Waals surface area contributed by atoms with Gasteiger partial charge in [-0.1, -0.05) is 17.7 Å². The summed E-state index contributed by atoms with van der Waals surface area (Å²) >= 11 is 5.93. The molecule has 2 aromatic heterocycles. The van der Waals surface area contributed by atoms with Crippen LogP contribution in [-0.4, -0.2) is 19.3 Å². The predicted octanol–water partition coefficient (Wildman–Crippen LogP) is 3.84. The molecule has 0 spiro atoms. The van der Waals surface area contributed by atoms with E-state index >= 15 is 0 Å². The zero-order valence-corrected chi connectivity index (χ0v) is 14.5. The van der Waals surface area contributed by atoms with E-state index in [0.29, 0.717) is 16.1 Å². The van der Waals surface area contributed by atoms with Crippen LogP contribution >= 0.6 is 11.6 Å². The summed E-state index contributed by atoms with van der Waals surface area (Å²) in [4.78, 5) is 17.3. The average Bonchev–Trinajstić information content (AvgIpc) is 3.03. The minimum atomic E-state index is -0.145. The Morgan fingerprint density at radius 3 is 2.40 bits per heavy atom. The van der Waals surface area contributed by atoms with Crippen LogP contribution in [-0.2, 0) is 0 Å². The number of nitrogens with zero attached hydrogens (tertiary/aromatic N) is 4. The van der Waals surface area contributed by atoms with Crippen molar-refractivity contribution in [2.75, 3.05) is 0 Å². The molecule has 0 bridgehead atoms. The molecule has 0 unspecified atom stereocenters. The van der Waals surface area contributed by atoms with E-state index in [9.17, 15) is 4.79 Å². The van der Waals surface area contributed by atoms with Crippen LogP contribution in [0.25, 0.3) is 22.4 Å². The normalized spacial score (nSPS) is 11.2. The van der Waals surface area contributed by atoms with E-state index in [4.69, 9.17) is 11.6 Å². The summed E-state index contributed by atoms with van der Waals surface area (Å²) in [6.45, 7) is 4.06. The van der Waals surface area contributed by atoms with Gasteiger partial charge < -0.3 is 0 Å². The van der Waals surface area contributed by atoms with E-state index in [1.54, 1.807) is 33.9 Å². The molecule has 0 fully saturated rings. The van der Waals surface area contributed by atoms with Crippen LogP contribution in [0, 0.1) is 13.8 Å². The summed E-state index contributed by atoms with van der Waals surface area (Å²) in [5, 5.41) is 5.43. The molecule has 0 radical (unpaired) electrons. The van der Waals surface area contributed by atoms with Gasteiger partial charge in [0.2, 0.25) is 0 Å². The van der Waals surface area contributed by atoms with Gasteiger partial charge in [-0.25, -0.2) is 9.67 Å². The quantitative estimate of drug-likeness (QED) is 0.552. The second-order valence-electron chi connectivity index (χ2n) is 5.96. The van der Waals surface area contributed by atoms with Crippen LogP contribution < -0.4 is 5.56 Å². The Labute approximate surface area is 149 Å². The van der Waals surface area contributed by atoms with E-state index in [1.807, 2.05) is 44.2 Å². The minimum Gasteiger partial charge on any atom is -0.268 e. The van der Waals surface area contributed by atoms with E-state index in [0.717, 1.165) is 16.9 Å². The average molecular weight is 351 g/mol. The largest absolute Gasteiger partial charge is 0.269 e. The Hall–Kier alpha value is -2.92. The molecule has 25 heavy (non-hydrogen) atoms. The first-order valence-corrected chi connectivity index (χ1v) is 8.21. The topological polar surface area (TPSA) is 52.7 Å². The SMILES string of the molecule is Cc1ccc(-n2cnc3c(cnn3-c3ccc(Cl)cc3)c2=O)cc1C. The number of hydrogen-bond donors (Lipinski definition) is 0. The lowest BCUT2D eigenvalue weighted by atomic mass is 10.1. The molecule has 5 nitrogen and oxygen atoms in total. The fraction of sp³-hybridized carbons (Fsp3) is 0.105. The van der Waals surface area contributed by atoms with Crippen molar-refractivity contribution >= 4 is 22.6 Å². The highest BCUT2D eigenvalue weighted by Crippen LogP contribution is 2.18. The number of halogens is 1. The van der Waals surface area contributed by atoms with E-state index in [1.165, 1.54) is 5.56 Å². The fourth-order valence-electron chi connectivity index (χ4n) is 2.74. The first-order chi connectivity index (χ1) is 12.0. The van der Waals surface area contributed by atoms with Crippen molar-refractivity contribution in [1.29, 1.82) is 0 Å². The summed E-state index contributed by atoms with van der Waals surface area (Å²) in [6.07, 6.45) is 3.10. The Balaban J connectivity index is 1.88. The highest BCUT2D eigenvalue weighted by Gasteiger charge is 2.12. The van der Waals surface area contributed by atoms with Crippen LogP contribution in [0.4, 0.5) is 0 Å². The van der Waals surface area contributed by atoms with Crippen molar-refractivity contribution in [3.05, 3.63) is 81.5 Å². The Bertz CT molecular complexity index is 1140. The first-order valence-electron chi connectivity index (χ1n) is 7.83. The molecule has 0 atom stereocenters.